The van der Waals surface area contributed by atoms with Crippen molar-refractivity contribution in [2.24, 2.45) is 5.84 Å². The predicted octanol–water partition coefficient (Wildman–Crippen LogP) is 0.266. The third-order valence-corrected chi connectivity index (χ3v) is 5.02. The highest BCUT2D eigenvalue weighted by Gasteiger charge is 2.25. The van der Waals surface area contributed by atoms with E-state index in [1.807, 2.05) is 0 Å². The molecule has 0 atom stereocenters. The van der Waals surface area contributed by atoms with Crippen LogP contribution in [0.25, 0.3) is 0 Å². The smallest absolute Gasteiger partial charge is 0.430 e. The third-order valence-electron chi connectivity index (χ3n) is 3.13. The van der Waals surface area contributed by atoms with E-state index in [1.165, 1.54) is 6.20 Å². The molecule has 1 aromatic rings. The zero-order chi connectivity index (χ0) is 21.0. The van der Waals surface area contributed by atoms with Gasteiger partial charge in [-0.15, -0.1) is 0 Å². The van der Waals surface area contributed by atoms with E-state index < -0.39 is 31.4 Å². The molecule has 0 spiro atoms. The van der Waals surface area contributed by atoms with Gasteiger partial charge >= 0.3 is 6.09 Å². The number of nitrogens with two attached hydrogens (primary N) is 1. The van der Waals surface area contributed by atoms with E-state index in [1.54, 1.807) is 20.8 Å². The van der Waals surface area contributed by atoms with Gasteiger partial charge in [-0.1, -0.05) is 0 Å². The molecular weight excluding hydrogens is 396 g/mol. The van der Waals surface area contributed by atoms with Crippen molar-refractivity contribution >= 4 is 31.6 Å². The predicted molar refractivity (Wildman–Crippen MR) is 102 cm³/mol. The molecule has 0 unspecified atom stereocenters. The van der Waals surface area contributed by atoms with Gasteiger partial charge in [0.2, 0.25) is 0 Å². The van der Waals surface area contributed by atoms with Crippen molar-refractivity contribution in [2.75, 3.05) is 29.0 Å². The second-order valence-corrected chi connectivity index (χ2v) is 11.8. The van der Waals surface area contributed by atoms with Gasteiger partial charge in [-0.25, -0.2) is 32.5 Å². The molecule has 0 bridgehead atoms. The zero-order valence-electron chi connectivity index (χ0n) is 16.1. The van der Waals surface area contributed by atoms with Gasteiger partial charge in [0, 0.05) is 25.4 Å². The van der Waals surface area contributed by atoms with Crippen LogP contribution in [0, 0.1) is 0 Å². The van der Waals surface area contributed by atoms with Crippen LogP contribution < -0.4 is 10.9 Å². The molecule has 0 radical (unpaired) electrons. The van der Waals surface area contributed by atoms with Crippen LogP contribution in [0.4, 0.5) is 10.6 Å². The van der Waals surface area contributed by atoms with E-state index in [-0.39, 0.29) is 35.9 Å². The van der Waals surface area contributed by atoms with Gasteiger partial charge in [0.05, 0.1) is 29.1 Å². The first kappa shape index (κ1) is 23.2. The molecule has 10 nitrogen and oxygen atoms in total. The summed E-state index contributed by atoms with van der Waals surface area (Å²) in [6, 6.07) is 0. The number of aryl methyl sites for hydroxylation is 2. The van der Waals surface area contributed by atoms with E-state index in [0.717, 1.165) is 12.5 Å². The molecular formula is C15H26N4O6S2. The molecule has 12 heteroatoms. The van der Waals surface area contributed by atoms with Gasteiger partial charge in [-0.2, -0.15) is 5.01 Å². The van der Waals surface area contributed by atoms with Crippen molar-refractivity contribution in [3.8, 4) is 0 Å². The molecule has 0 saturated carbocycles. The van der Waals surface area contributed by atoms with Crippen LogP contribution >= 0.6 is 0 Å². The molecule has 1 aromatic heterocycles. The van der Waals surface area contributed by atoms with E-state index >= 15 is 0 Å². The summed E-state index contributed by atoms with van der Waals surface area (Å²) in [7, 11) is -6.51. The van der Waals surface area contributed by atoms with Gasteiger partial charge in [-0.05, 0) is 20.8 Å². The summed E-state index contributed by atoms with van der Waals surface area (Å²) < 4.78 is 50.8. The van der Waals surface area contributed by atoms with Gasteiger partial charge < -0.3 is 4.74 Å². The van der Waals surface area contributed by atoms with Crippen molar-refractivity contribution in [3.63, 3.8) is 0 Å². The molecule has 1 rings (SSSR count). The van der Waals surface area contributed by atoms with E-state index in [4.69, 9.17) is 10.6 Å². The van der Waals surface area contributed by atoms with Crippen LogP contribution in [0.5, 0.6) is 0 Å². The summed E-state index contributed by atoms with van der Waals surface area (Å²) >= 11 is 0. The van der Waals surface area contributed by atoms with Crippen molar-refractivity contribution in [2.45, 2.75) is 39.2 Å². The number of carbonyl (C=O) groups is 1. The van der Waals surface area contributed by atoms with Gasteiger partial charge in [-0.3, -0.25) is 4.98 Å². The van der Waals surface area contributed by atoms with Crippen LogP contribution in [0.2, 0.25) is 0 Å². The summed E-state index contributed by atoms with van der Waals surface area (Å²) in [4.78, 5) is 20.5. The Balaban J connectivity index is 3.18. The highest BCUT2D eigenvalue weighted by molar-refractivity contribution is 7.90. The molecule has 2 N–H and O–H groups in total. The average Bonchev–Trinajstić information content (AvgIpc) is 2.47. The lowest BCUT2D eigenvalue weighted by molar-refractivity contribution is 0.0578. The number of nitrogens with zero attached hydrogens (tertiary/aromatic N) is 3. The Kier molecular flexibility index (Phi) is 7.30. The van der Waals surface area contributed by atoms with Crippen molar-refractivity contribution in [1.29, 1.82) is 0 Å². The SMILES string of the molecule is CC(C)(C)OC(=O)N(N)c1ncc(CCS(C)(=O)=O)nc1CCS(C)(=O)=O. The Labute approximate surface area is 159 Å². The summed E-state index contributed by atoms with van der Waals surface area (Å²) in [5, 5.41) is 0.663. The summed E-state index contributed by atoms with van der Waals surface area (Å²) in [6.07, 6.45) is 2.67. The van der Waals surface area contributed by atoms with Crippen molar-refractivity contribution < 1.29 is 26.4 Å². The number of hydrogen-bond acceptors (Lipinski definition) is 9. The van der Waals surface area contributed by atoms with Crippen molar-refractivity contribution in [1.82, 2.24) is 9.97 Å². The molecule has 0 aliphatic heterocycles. The number of sulfone groups is 2. The Morgan fingerprint density at radius 1 is 1.11 bits per heavy atom. The topological polar surface area (TPSA) is 150 Å². The van der Waals surface area contributed by atoms with Gasteiger partial charge in [0.25, 0.3) is 0 Å². The van der Waals surface area contributed by atoms with Crippen LogP contribution in [-0.2, 0) is 37.3 Å². The van der Waals surface area contributed by atoms with Crippen molar-refractivity contribution in [3.05, 3.63) is 17.6 Å². The van der Waals surface area contributed by atoms with Crippen LogP contribution in [-0.4, -0.2) is 62.5 Å². The molecule has 1 heterocycles. The molecule has 0 aliphatic rings. The number of hydrazine groups is 1. The molecule has 27 heavy (non-hydrogen) atoms. The van der Waals surface area contributed by atoms with Gasteiger partial charge in [0.15, 0.2) is 5.82 Å². The minimum atomic E-state index is -3.30. The fourth-order valence-corrected chi connectivity index (χ4v) is 3.07. The number of amides is 1. The number of aromatic nitrogens is 2. The maximum Gasteiger partial charge on any atom is 0.430 e. The minimum absolute atomic E-state index is 0.0373. The maximum absolute atomic E-state index is 12.2. The highest BCUT2D eigenvalue weighted by atomic mass is 32.2. The monoisotopic (exact) mass is 422 g/mol. The molecule has 0 fully saturated rings. The summed E-state index contributed by atoms with van der Waals surface area (Å²) in [5.74, 6) is 5.38. The van der Waals surface area contributed by atoms with Crippen LogP contribution in [0.15, 0.2) is 6.20 Å². The lowest BCUT2D eigenvalue weighted by atomic mass is 10.2. The Morgan fingerprint density at radius 2 is 1.63 bits per heavy atom. The fourth-order valence-electron chi connectivity index (χ4n) is 1.92. The molecule has 154 valence electrons. The summed E-state index contributed by atoms with van der Waals surface area (Å²) in [5.41, 5.74) is -0.269. The Hall–Kier alpha value is -1.79. The lowest BCUT2D eigenvalue weighted by Crippen LogP contribution is -2.43. The van der Waals surface area contributed by atoms with E-state index in [0.29, 0.717) is 10.7 Å². The second-order valence-electron chi connectivity index (χ2n) is 7.24. The van der Waals surface area contributed by atoms with Crippen LogP contribution in [0.3, 0.4) is 0 Å². The number of hydrogen-bond donors (Lipinski definition) is 1. The first-order chi connectivity index (χ1) is 12.1. The first-order valence-electron chi connectivity index (χ1n) is 8.05. The van der Waals surface area contributed by atoms with Crippen LogP contribution in [0.1, 0.15) is 32.2 Å². The second kappa shape index (κ2) is 8.48. The van der Waals surface area contributed by atoms with E-state index in [2.05, 4.69) is 9.97 Å². The first-order valence-corrected chi connectivity index (χ1v) is 12.2. The third kappa shape index (κ3) is 9.11. The number of anilines is 1. The quantitative estimate of drug-likeness (QED) is 0.371. The molecule has 0 aliphatic carbocycles. The lowest BCUT2D eigenvalue weighted by Gasteiger charge is -2.24. The number of carbonyl (C=O) groups excluding carboxylic acids is 1. The average molecular weight is 423 g/mol. The summed E-state index contributed by atoms with van der Waals surface area (Å²) in [6.45, 7) is 5.01. The van der Waals surface area contributed by atoms with Gasteiger partial charge in [0.1, 0.15) is 25.3 Å². The Bertz CT molecular complexity index is 891. The molecule has 1 amide bonds. The maximum atomic E-state index is 12.2. The highest BCUT2D eigenvalue weighted by Crippen LogP contribution is 2.18. The standard InChI is InChI=1S/C15H26N4O6S2/c1-15(2,3)25-14(20)19(16)13-12(7-9-27(5,23)24)18-11(10-17-13)6-8-26(4,21)22/h10H,6-9,16H2,1-5H3. The minimum Gasteiger partial charge on any atom is -0.442 e. The largest absolute Gasteiger partial charge is 0.442 e. The number of rotatable bonds is 7. The number of ether oxygens (including phenoxy) is 1. The molecule has 0 saturated heterocycles. The zero-order valence-corrected chi connectivity index (χ0v) is 17.7. The Morgan fingerprint density at radius 3 is 2.11 bits per heavy atom. The van der Waals surface area contributed by atoms with E-state index in [9.17, 15) is 21.6 Å². The molecule has 0 aromatic carbocycles. The normalized spacial score (nSPS) is 12.7. The fraction of sp³-hybridized carbons (Fsp3) is 0.667.